The maximum atomic E-state index is 8.25. The lowest BCUT2D eigenvalue weighted by Crippen LogP contribution is -1.90. The van der Waals surface area contributed by atoms with E-state index in [2.05, 4.69) is 4.98 Å². The van der Waals surface area contributed by atoms with Crippen molar-refractivity contribution in [2.24, 2.45) is 0 Å². The van der Waals surface area contributed by atoms with Crippen molar-refractivity contribution >= 4 is 23.4 Å². The predicted octanol–water partition coefficient (Wildman–Crippen LogP) is 1.85. The van der Waals surface area contributed by atoms with E-state index in [1.165, 1.54) is 12.3 Å². The van der Waals surface area contributed by atoms with Gasteiger partial charge in [0.25, 0.3) is 0 Å². The fourth-order valence-electron chi connectivity index (χ4n) is 0.721. The Morgan fingerprint density at radius 3 is 3.00 bits per heavy atom. The van der Waals surface area contributed by atoms with E-state index in [-0.39, 0.29) is 0 Å². The zero-order valence-corrected chi connectivity index (χ0v) is 6.92. The molecule has 0 unspecified atom stereocenters. The number of allylic oxidation sites excluding steroid dienone is 1. The molecule has 4 heteroatoms. The average molecular weight is 180 g/mol. The van der Waals surface area contributed by atoms with Crippen LogP contribution in [0.15, 0.2) is 18.3 Å². The number of anilines is 1. The molecular formula is C8H6ClN3. The van der Waals surface area contributed by atoms with E-state index in [1.54, 1.807) is 12.1 Å². The molecule has 0 spiro atoms. The average Bonchev–Trinajstić information content (AvgIpc) is 2.03. The number of nitrogens with two attached hydrogens (primary N) is 1. The lowest BCUT2D eigenvalue weighted by atomic mass is 10.2. The van der Waals surface area contributed by atoms with Crippen molar-refractivity contribution in [1.29, 1.82) is 5.26 Å². The van der Waals surface area contributed by atoms with Gasteiger partial charge in [-0.1, -0.05) is 11.6 Å². The normalized spacial score (nSPS) is 10.0. The Kier molecular flexibility index (Phi) is 2.67. The van der Waals surface area contributed by atoms with Crippen molar-refractivity contribution in [3.63, 3.8) is 0 Å². The quantitative estimate of drug-likeness (QED) is 0.529. The molecule has 0 aromatic carbocycles. The van der Waals surface area contributed by atoms with Gasteiger partial charge in [0.2, 0.25) is 0 Å². The number of nitriles is 1. The molecule has 3 nitrogen and oxygen atoms in total. The molecule has 0 aliphatic heterocycles. The summed E-state index contributed by atoms with van der Waals surface area (Å²) in [5, 5.41) is 8.60. The summed E-state index contributed by atoms with van der Waals surface area (Å²) in [7, 11) is 0. The van der Waals surface area contributed by atoms with Crippen molar-refractivity contribution in [2.75, 3.05) is 5.73 Å². The third-order valence-corrected chi connectivity index (χ3v) is 1.48. The third-order valence-electron chi connectivity index (χ3n) is 1.27. The SMILES string of the molecule is N#CC=Cc1cnc(Cl)cc1N. The molecule has 0 aliphatic carbocycles. The van der Waals surface area contributed by atoms with Gasteiger partial charge in [0.15, 0.2) is 0 Å². The summed E-state index contributed by atoms with van der Waals surface area (Å²) in [6, 6.07) is 3.40. The predicted molar refractivity (Wildman–Crippen MR) is 48.3 cm³/mol. The van der Waals surface area contributed by atoms with E-state index < -0.39 is 0 Å². The summed E-state index contributed by atoms with van der Waals surface area (Å²) in [5.74, 6) is 0. The molecule has 0 fully saturated rings. The Hall–Kier alpha value is -1.53. The summed E-state index contributed by atoms with van der Waals surface area (Å²) >= 11 is 5.57. The minimum atomic E-state index is 0.349. The zero-order valence-electron chi connectivity index (χ0n) is 6.16. The number of halogens is 1. The highest BCUT2D eigenvalue weighted by Crippen LogP contribution is 2.15. The molecule has 1 rings (SSSR count). The van der Waals surface area contributed by atoms with Crippen LogP contribution in [-0.4, -0.2) is 4.98 Å². The van der Waals surface area contributed by atoms with Gasteiger partial charge >= 0.3 is 0 Å². The van der Waals surface area contributed by atoms with E-state index in [0.717, 1.165) is 0 Å². The van der Waals surface area contributed by atoms with Crippen LogP contribution in [-0.2, 0) is 0 Å². The summed E-state index contributed by atoms with van der Waals surface area (Å²) in [6.07, 6.45) is 4.44. The van der Waals surface area contributed by atoms with Crippen LogP contribution < -0.4 is 5.73 Å². The minimum Gasteiger partial charge on any atom is -0.398 e. The number of nitrogens with zero attached hydrogens (tertiary/aromatic N) is 2. The first-order valence-corrected chi connectivity index (χ1v) is 3.59. The molecule has 0 saturated heterocycles. The van der Waals surface area contributed by atoms with Gasteiger partial charge in [0.1, 0.15) is 5.15 Å². The molecule has 12 heavy (non-hydrogen) atoms. The standard InChI is InChI=1S/C8H6ClN3/c9-8-4-7(11)6(5-12-8)2-1-3-10/h1-2,4-5H,(H2,11,12). The number of nitrogen functional groups attached to an aromatic ring is 1. The van der Waals surface area contributed by atoms with E-state index in [9.17, 15) is 0 Å². The smallest absolute Gasteiger partial charge is 0.131 e. The van der Waals surface area contributed by atoms with E-state index in [0.29, 0.717) is 16.4 Å². The largest absolute Gasteiger partial charge is 0.398 e. The van der Waals surface area contributed by atoms with Crippen molar-refractivity contribution < 1.29 is 0 Å². The number of hydrogen-bond donors (Lipinski definition) is 1. The number of aromatic nitrogens is 1. The maximum Gasteiger partial charge on any atom is 0.131 e. The van der Waals surface area contributed by atoms with Crippen LogP contribution in [0.3, 0.4) is 0 Å². The van der Waals surface area contributed by atoms with Crippen molar-refractivity contribution in [3.05, 3.63) is 29.1 Å². The second-order valence-corrected chi connectivity index (χ2v) is 2.49. The Balaban J connectivity index is 3.03. The zero-order chi connectivity index (χ0) is 8.97. The van der Waals surface area contributed by atoms with E-state index >= 15 is 0 Å². The van der Waals surface area contributed by atoms with Gasteiger partial charge in [-0.15, -0.1) is 0 Å². The van der Waals surface area contributed by atoms with Crippen LogP contribution in [0.2, 0.25) is 5.15 Å². The fourth-order valence-corrected chi connectivity index (χ4v) is 0.887. The molecule has 0 saturated carbocycles. The second-order valence-electron chi connectivity index (χ2n) is 2.10. The molecule has 1 aromatic rings. The van der Waals surface area contributed by atoms with Gasteiger partial charge in [-0.25, -0.2) is 4.98 Å². The molecular weight excluding hydrogens is 174 g/mol. The molecule has 1 heterocycles. The molecule has 60 valence electrons. The molecule has 0 bridgehead atoms. The highest BCUT2D eigenvalue weighted by atomic mass is 35.5. The van der Waals surface area contributed by atoms with Gasteiger partial charge < -0.3 is 5.73 Å². The number of hydrogen-bond acceptors (Lipinski definition) is 3. The summed E-state index contributed by atoms with van der Waals surface area (Å²) in [6.45, 7) is 0. The van der Waals surface area contributed by atoms with Gasteiger partial charge in [-0.3, -0.25) is 0 Å². The molecule has 2 N–H and O–H groups in total. The van der Waals surface area contributed by atoms with Crippen molar-refractivity contribution in [1.82, 2.24) is 4.98 Å². The van der Waals surface area contributed by atoms with E-state index in [4.69, 9.17) is 22.6 Å². The first kappa shape index (κ1) is 8.57. The molecule has 0 radical (unpaired) electrons. The van der Waals surface area contributed by atoms with Gasteiger partial charge in [0.05, 0.1) is 6.07 Å². The molecule has 0 amide bonds. The number of rotatable bonds is 1. The lowest BCUT2D eigenvalue weighted by molar-refractivity contribution is 1.32. The van der Waals surface area contributed by atoms with Crippen molar-refractivity contribution in [2.45, 2.75) is 0 Å². The minimum absolute atomic E-state index is 0.349. The van der Waals surface area contributed by atoms with Gasteiger partial charge in [0, 0.05) is 23.5 Å². The molecule has 1 aromatic heterocycles. The second kappa shape index (κ2) is 3.74. The van der Waals surface area contributed by atoms with Crippen LogP contribution in [0.25, 0.3) is 6.08 Å². The maximum absolute atomic E-state index is 8.25. The van der Waals surface area contributed by atoms with Gasteiger partial charge in [-0.2, -0.15) is 5.26 Å². The first-order valence-electron chi connectivity index (χ1n) is 3.21. The number of pyridine rings is 1. The fraction of sp³-hybridized carbons (Fsp3) is 0. The molecule has 0 atom stereocenters. The Bertz CT molecular complexity index is 352. The van der Waals surface area contributed by atoms with Crippen LogP contribution in [0.5, 0.6) is 0 Å². The summed E-state index contributed by atoms with van der Waals surface area (Å²) in [5.41, 5.74) is 6.79. The van der Waals surface area contributed by atoms with Crippen molar-refractivity contribution in [3.8, 4) is 6.07 Å². The highest BCUT2D eigenvalue weighted by Gasteiger charge is 1.95. The Labute approximate surface area is 75.1 Å². The lowest BCUT2D eigenvalue weighted by Gasteiger charge is -1.97. The molecule has 0 aliphatic rings. The topological polar surface area (TPSA) is 62.7 Å². The third kappa shape index (κ3) is 1.97. The summed E-state index contributed by atoms with van der Waals surface area (Å²) < 4.78 is 0. The summed E-state index contributed by atoms with van der Waals surface area (Å²) in [4.78, 5) is 3.82. The highest BCUT2D eigenvalue weighted by molar-refractivity contribution is 6.29. The Morgan fingerprint density at radius 2 is 2.42 bits per heavy atom. The van der Waals surface area contributed by atoms with Crippen LogP contribution in [0, 0.1) is 11.3 Å². The Morgan fingerprint density at radius 1 is 1.67 bits per heavy atom. The first-order chi connectivity index (χ1) is 5.74. The van der Waals surface area contributed by atoms with Crippen LogP contribution >= 0.6 is 11.6 Å². The van der Waals surface area contributed by atoms with Crippen LogP contribution in [0.4, 0.5) is 5.69 Å². The van der Waals surface area contributed by atoms with Crippen LogP contribution in [0.1, 0.15) is 5.56 Å². The van der Waals surface area contributed by atoms with E-state index in [1.807, 2.05) is 6.07 Å². The van der Waals surface area contributed by atoms with Gasteiger partial charge in [-0.05, 0) is 12.1 Å². The monoisotopic (exact) mass is 179 g/mol.